The highest BCUT2D eigenvalue weighted by Crippen LogP contribution is 2.38. The molecule has 1 aliphatic carbocycles. The number of nitrogens with zero attached hydrogens (tertiary/aromatic N) is 1. The summed E-state index contributed by atoms with van der Waals surface area (Å²) in [5.41, 5.74) is 7.08. The zero-order chi connectivity index (χ0) is 15.0. The molecule has 1 saturated heterocycles. The van der Waals surface area contributed by atoms with Gasteiger partial charge in [0, 0.05) is 24.2 Å². The van der Waals surface area contributed by atoms with Gasteiger partial charge in [0.15, 0.2) is 0 Å². The van der Waals surface area contributed by atoms with Crippen molar-refractivity contribution in [3.8, 4) is 5.75 Å². The quantitative estimate of drug-likeness (QED) is 0.883. The molecule has 0 amide bonds. The number of rotatable bonds is 4. The van der Waals surface area contributed by atoms with Gasteiger partial charge in [-0.25, -0.2) is 0 Å². The van der Waals surface area contributed by atoms with Gasteiger partial charge in [-0.1, -0.05) is 23.2 Å². The van der Waals surface area contributed by atoms with Crippen molar-refractivity contribution in [1.82, 2.24) is 4.90 Å². The van der Waals surface area contributed by atoms with E-state index in [2.05, 4.69) is 4.90 Å². The molecule has 1 aliphatic heterocycles. The molecule has 3 N–H and O–H groups in total. The molecule has 0 spiro atoms. The molecular weight excluding hydrogens is 307 g/mol. The van der Waals surface area contributed by atoms with Crippen LogP contribution in [0.2, 0.25) is 10.0 Å². The summed E-state index contributed by atoms with van der Waals surface area (Å²) < 4.78 is 0. The van der Waals surface area contributed by atoms with Crippen LogP contribution in [0.15, 0.2) is 12.1 Å². The number of likely N-dealkylation sites (tertiary alicyclic amines) is 1. The molecule has 0 aromatic heterocycles. The Balaban J connectivity index is 1.63. The summed E-state index contributed by atoms with van der Waals surface area (Å²) in [5, 5.41) is 10.9. The van der Waals surface area contributed by atoms with E-state index in [1.165, 1.54) is 25.5 Å². The molecular formula is C16H22Cl2N2O. The number of nitrogens with two attached hydrogens (primary N) is 1. The summed E-state index contributed by atoms with van der Waals surface area (Å²) >= 11 is 12.0. The van der Waals surface area contributed by atoms with E-state index in [0.29, 0.717) is 21.5 Å². The van der Waals surface area contributed by atoms with Gasteiger partial charge in [-0.2, -0.15) is 0 Å². The highest BCUT2D eigenvalue weighted by atomic mass is 35.5. The lowest BCUT2D eigenvalue weighted by atomic mass is 9.85. The molecule has 1 aromatic rings. The summed E-state index contributed by atoms with van der Waals surface area (Å²) in [5.74, 6) is 1.48. The summed E-state index contributed by atoms with van der Waals surface area (Å²) in [7, 11) is 0. The third-order valence-corrected chi connectivity index (χ3v) is 5.50. The fourth-order valence-corrected chi connectivity index (χ4v) is 3.56. The molecule has 1 atom stereocenters. The molecule has 21 heavy (non-hydrogen) atoms. The van der Waals surface area contributed by atoms with Gasteiger partial charge >= 0.3 is 0 Å². The predicted molar refractivity (Wildman–Crippen MR) is 86.9 cm³/mol. The number of phenols is 1. The SMILES string of the molecule is NC(c1cc(Cl)c(Cl)cc1O)C1CCN(CC2CC2)CC1. The Morgan fingerprint density at radius 3 is 2.38 bits per heavy atom. The number of aromatic hydroxyl groups is 1. The standard InChI is InChI=1S/C16H22Cl2N2O/c17-13-7-12(15(21)8-14(13)18)16(19)11-3-5-20(6-4-11)9-10-1-2-10/h7-8,10-11,16,21H,1-6,9,19H2. The van der Waals surface area contributed by atoms with Crippen molar-refractivity contribution < 1.29 is 5.11 Å². The van der Waals surface area contributed by atoms with Gasteiger partial charge in [-0.05, 0) is 56.7 Å². The minimum absolute atomic E-state index is 0.150. The molecule has 1 aromatic carbocycles. The maximum atomic E-state index is 10.1. The minimum Gasteiger partial charge on any atom is -0.508 e. The lowest BCUT2D eigenvalue weighted by Gasteiger charge is -2.35. The monoisotopic (exact) mass is 328 g/mol. The van der Waals surface area contributed by atoms with Crippen molar-refractivity contribution >= 4 is 23.2 Å². The van der Waals surface area contributed by atoms with E-state index in [1.807, 2.05) is 0 Å². The largest absolute Gasteiger partial charge is 0.508 e. The highest BCUT2D eigenvalue weighted by Gasteiger charge is 2.30. The topological polar surface area (TPSA) is 49.5 Å². The van der Waals surface area contributed by atoms with Crippen LogP contribution < -0.4 is 5.73 Å². The van der Waals surface area contributed by atoms with E-state index in [1.54, 1.807) is 6.07 Å². The zero-order valence-electron chi connectivity index (χ0n) is 12.1. The second-order valence-corrected chi connectivity index (χ2v) is 7.25. The van der Waals surface area contributed by atoms with Crippen LogP contribution in [-0.2, 0) is 0 Å². The van der Waals surface area contributed by atoms with Crippen LogP contribution in [0.3, 0.4) is 0 Å². The van der Waals surface area contributed by atoms with Crippen molar-refractivity contribution in [2.24, 2.45) is 17.6 Å². The fraction of sp³-hybridized carbons (Fsp3) is 0.625. The molecule has 2 fully saturated rings. The van der Waals surface area contributed by atoms with E-state index >= 15 is 0 Å². The van der Waals surface area contributed by atoms with E-state index in [-0.39, 0.29) is 11.8 Å². The lowest BCUT2D eigenvalue weighted by molar-refractivity contribution is 0.163. The van der Waals surface area contributed by atoms with Crippen LogP contribution in [-0.4, -0.2) is 29.6 Å². The second-order valence-electron chi connectivity index (χ2n) is 6.43. The first-order valence-corrected chi connectivity index (χ1v) is 8.46. The van der Waals surface area contributed by atoms with Crippen molar-refractivity contribution in [3.05, 3.63) is 27.7 Å². The summed E-state index contributed by atoms with van der Waals surface area (Å²) in [6.07, 6.45) is 4.95. The molecule has 2 aliphatic rings. The Hall–Kier alpha value is -0.480. The van der Waals surface area contributed by atoms with Crippen LogP contribution in [0.4, 0.5) is 0 Å². The zero-order valence-corrected chi connectivity index (χ0v) is 13.6. The van der Waals surface area contributed by atoms with Gasteiger partial charge in [0.25, 0.3) is 0 Å². The summed E-state index contributed by atoms with van der Waals surface area (Å²) in [6.45, 7) is 3.47. The molecule has 3 nitrogen and oxygen atoms in total. The van der Waals surface area contributed by atoms with Crippen molar-refractivity contribution in [2.75, 3.05) is 19.6 Å². The molecule has 1 heterocycles. The minimum atomic E-state index is -0.178. The average molecular weight is 329 g/mol. The average Bonchev–Trinajstić information content (AvgIpc) is 3.27. The number of benzene rings is 1. The smallest absolute Gasteiger partial charge is 0.121 e. The third-order valence-electron chi connectivity index (χ3n) is 4.78. The number of hydrogen-bond acceptors (Lipinski definition) is 3. The van der Waals surface area contributed by atoms with Crippen molar-refractivity contribution in [1.29, 1.82) is 0 Å². The lowest BCUT2D eigenvalue weighted by Crippen LogP contribution is -2.38. The van der Waals surface area contributed by atoms with E-state index < -0.39 is 0 Å². The third kappa shape index (κ3) is 3.65. The van der Waals surface area contributed by atoms with E-state index in [9.17, 15) is 5.11 Å². The normalized spacial score (nSPS) is 22.4. The first-order valence-electron chi connectivity index (χ1n) is 7.70. The van der Waals surface area contributed by atoms with Gasteiger partial charge < -0.3 is 15.7 Å². The Morgan fingerprint density at radius 2 is 1.76 bits per heavy atom. The molecule has 0 bridgehead atoms. The van der Waals surface area contributed by atoms with Crippen LogP contribution in [0.25, 0.3) is 0 Å². The molecule has 0 radical (unpaired) electrons. The summed E-state index contributed by atoms with van der Waals surface area (Å²) in [6, 6.07) is 3.02. The Labute approximate surface area is 136 Å². The van der Waals surface area contributed by atoms with Gasteiger partial charge in [0.1, 0.15) is 5.75 Å². The van der Waals surface area contributed by atoms with Crippen LogP contribution in [0.5, 0.6) is 5.75 Å². The molecule has 1 unspecified atom stereocenters. The first-order chi connectivity index (χ1) is 10.0. The molecule has 1 saturated carbocycles. The van der Waals surface area contributed by atoms with Gasteiger partial charge in [0.05, 0.1) is 10.0 Å². The van der Waals surface area contributed by atoms with Gasteiger partial charge in [-0.3, -0.25) is 0 Å². The van der Waals surface area contributed by atoms with Crippen molar-refractivity contribution in [2.45, 2.75) is 31.7 Å². The number of piperidine rings is 1. The predicted octanol–water partition coefficient (Wildman–Crippen LogP) is 3.82. The first kappa shape index (κ1) is 15.4. The van der Waals surface area contributed by atoms with E-state index in [4.69, 9.17) is 28.9 Å². The number of phenolic OH excluding ortho intramolecular Hbond substituents is 1. The van der Waals surface area contributed by atoms with Crippen LogP contribution in [0, 0.1) is 11.8 Å². The Kier molecular flexibility index (Phi) is 4.65. The van der Waals surface area contributed by atoms with E-state index in [0.717, 1.165) is 31.8 Å². The highest BCUT2D eigenvalue weighted by molar-refractivity contribution is 6.42. The maximum absolute atomic E-state index is 10.1. The number of halogens is 2. The second kappa shape index (κ2) is 6.33. The van der Waals surface area contributed by atoms with Crippen LogP contribution in [0.1, 0.15) is 37.3 Å². The fourth-order valence-electron chi connectivity index (χ4n) is 3.23. The van der Waals surface area contributed by atoms with Crippen molar-refractivity contribution in [3.63, 3.8) is 0 Å². The summed E-state index contributed by atoms with van der Waals surface area (Å²) in [4.78, 5) is 2.55. The van der Waals surface area contributed by atoms with Gasteiger partial charge in [-0.15, -0.1) is 0 Å². The number of hydrogen-bond donors (Lipinski definition) is 2. The Morgan fingerprint density at radius 1 is 1.14 bits per heavy atom. The van der Waals surface area contributed by atoms with Crippen LogP contribution >= 0.6 is 23.2 Å². The molecule has 3 rings (SSSR count). The molecule has 116 valence electrons. The Bertz CT molecular complexity index is 511. The molecule has 5 heteroatoms. The maximum Gasteiger partial charge on any atom is 0.121 e. The van der Waals surface area contributed by atoms with Gasteiger partial charge in [0.2, 0.25) is 0 Å².